The molecule has 0 unspecified atom stereocenters. The molecule has 116 valence electrons. The number of hydrogen-bond donors (Lipinski definition) is 2. The summed E-state index contributed by atoms with van der Waals surface area (Å²) in [7, 11) is 0. The van der Waals surface area contributed by atoms with Gasteiger partial charge in [-0.3, -0.25) is 0 Å². The maximum absolute atomic E-state index is 5.59. The standard InChI is InChI=1S/C17H20N2OS2/c21-17(18-11-13-20-15-7-3-1-4-8-15)19-12-14-22-16-9-5-2-6-10-16/h1-10H,11-14H2,(H2,18,19,21). The Morgan fingerprint density at radius 3 is 2.27 bits per heavy atom. The van der Waals surface area contributed by atoms with Crippen molar-refractivity contribution in [3.8, 4) is 5.75 Å². The van der Waals surface area contributed by atoms with E-state index in [1.807, 2.05) is 48.2 Å². The Hall–Kier alpha value is -1.72. The fraction of sp³-hybridized carbons (Fsp3) is 0.235. The minimum Gasteiger partial charge on any atom is -0.492 e. The number of benzene rings is 2. The van der Waals surface area contributed by atoms with Crippen molar-refractivity contribution in [1.29, 1.82) is 0 Å². The van der Waals surface area contributed by atoms with E-state index in [1.54, 1.807) is 0 Å². The lowest BCUT2D eigenvalue weighted by atomic mass is 10.3. The Bertz CT molecular complexity index is 500. The Kier molecular flexibility index (Phi) is 7.63. The topological polar surface area (TPSA) is 33.3 Å². The highest BCUT2D eigenvalue weighted by Gasteiger charge is 1.97. The quantitative estimate of drug-likeness (QED) is 0.440. The summed E-state index contributed by atoms with van der Waals surface area (Å²) in [6, 6.07) is 20.1. The van der Waals surface area contributed by atoms with Crippen molar-refractivity contribution >= 4 is 29.1 Å². The van der Waals surface area contributed by atoms with Crippen molar-refractivity contribution in [2.24, 2.45) is 0 Å². The minimum atomic E-state index is 0.588. The molecule has 2 aromatic carbocycles. The highest BCUT2D eigenvalue weighted by atomic mass is 32.2. The van der Waals surface area contributed by atoms with E-state index in [0.29, 0.717) is 18.3 Å². The molecule has 0 aromatic heterocycles. The summed E-state index contributed by atoms with van der Waals surface area (Å²) >= 11 is 7.04. The number of rotatable bonds is 8. The Morgan fingerprint density at radius 2 is 1.55 bits per heavy atom. The number of hydrogen-bond acceptors (Lipinski definition) is 3. The third-order valence-electron chi connectivity index (χ3n) is 2.80. The molecule has 0 aliphatic rings. The van der Waals surface area contributed by atoms with Crippen LogP contribution in [0, 0.1) is 0 Å². The largest absolute Gasteiger partial charge is 0.492 e. The van der Waals surface area contributed by atoms with Crippen LogP contribution < -0.4 is 15.4 Å². The van der Waals surface area contributed by atoms with Crippen molar-refractivity contribution in [2.75, 3.05) is 25.4 Å². The van der Waals surface area contributed by atoms with Gasteiger partial charge in [-0.15, -0.1) is 11.8 Å². The van der Waals surface area contributed by atoms with Gasteiger partial charge in [0.25, 0.3) is 0 Å². The van der Waals surface area contributed by atoms with Crippen molar-refractivity contribution < 1.29 is 4.74 Å². The van der Waals surface area contributed by atoms with Crippen LogP contribution in [0.4, 0.5) is 0 Å². The molecule has 22 heavy (non-hydrogen) atoms. The van der Waals surface area contributed by atoms with Crippen LogP contribution in [0.3, 0.4) is 0 Å². The Morgan fingerprint density at radius 1 is 0.909 bits per heavy atom. The first kappa shape index (κ1) is 16.6. The van der Waals surface area contributed by atoms with E-state index in [0.717, 1.165) is 18.0 Å². The second kappa shape index (κ2) is 10.1. The lowest BCUT2D eigenvalue weighted by Gasteiger charge is -2.11. The van der Waals surface area contributed by atoms with Gasteiger partial charge in [-0.1, -0.05) is 36.4 Å². The summed E-state index contributed by atoms with van der Waals surface area (Å²) in [6.07, 6.45) is 0. The number of para-hydroxylation sites is 1. The molecule has 0 saturated heterocycles. The van der Waals surface area contributed by atoms with Gasteiger partial charge in [-0.2, -0.15) is 0 Å². The highest BCUT2D eigenvalue weighted by Crippen LogP contribution is 2.15. The number of thiocarbonyl (C=S) groups is 1. The number of nitrogens with one attached hydrogen (secondary N) is 2. The van der Waals surface area contributed by atoms with E-state index in [2.05, 4.69) is 34.9 Å². The van der Waals surface area contributed by atoms with Crippen LogP contribution in [0.15, 0.2) is 65.6 Å². The van der Waals surface area contributed by atoms with E-state index in [-0.39, 0.29) is 0 Å². The van der Waals surface area contributed by atoms with E-state index in [9.17, 15) is 0 Å². The molecule has 0 radical (unpaired) electrons. The van der Waals surface area contributed by atoms with Crippen molar-refractivity contribution in [3.63, 3.8) is 0 Å². The lowest BCUT2D eigenvalue weighted by Crippen LogP contribution is -2.38. The Labute approximate surface area is 141 Å². The predicted octanol–water partition coefficient (Wildman–Crippen LogP) is 3.32. The highest BCUT2D eigenvalue weighted by molar-refractivity contribution is 7.99. The van der Waals surface area contributed by atoms with E-state index >= 15 is 0 Å². The molecule has 0 bridgehead atoms. The molecule has 0 amide bonds. The molecule has 0 fully saturated rings. The van der Waals surface area contributed by atoms with Gasteiger partial charge >= 0.3 is 0 Å². The van der Waals surface area contributed by atoms with Crippen molar-refractivity contribution in [3.05, 3.63) is 60.7 Å². The average molecular weight is 332 g/mol. The SMILES string of the molecule is S=C(NCCOc1ccccc1)NCCSc1ccccc1. The van der Waals surface area contributed by atoms with Gasteiger partial charge < -0.3 is 15.4 Å². The third-order valence-corrected chi connectivity index (χ3v) is 4.10. The molecule has 2 rings (SSSR count). The first-order valence-electron chi connectivity index (χ1n) is 7.22. The third kappa shape index (κ3) is 6.83. The molecule has 0 aliphatic carbocycles. The van der Waals surface area contributed by atoms with Crippen LogP contribution in [0.25, 0.3) is 0 Å². The second-order valence-corrected chi connectivity index (χ2v) is 6.08. The van der Waals surface area contributed by atoms with Crippen molar-refractivity contribution in [2.45, 2.75) is 4.90 Å². The second-order valence-electron chi connectivity index (χ2n) is 4.51. The summed E-state index contributed by atoms with van der Waals surface area (Å²) in [5.41, 5.74) is 0. The minimum absolute atomic E-state index is 0.588. The zero-order chi connectivity index (χ0) is 15.5. The van der Waals surface area contributed by atoms with E-state index < -0.39 is 0 Å². The van der Waals surface area contributed by atoms with Gasteiger partial charge in [0.2, 0.25) is 0 Å². The molecule has 0 heterocycles. The van der Waals surface area contributed by atoms with Gasteiger partial charge in [0.05, 0.1) is 6.54 Å². The van der Waals surface area contributed by atoms with E-state index in [4.69, 9.17) is 17.0 Å². The molecular formula is C17H20N2OS2. The van der Waals surface area contributed by atoms with Crippen LogP contribution >= 0.6 is 24.0 Å². The summed E-state index contributed by atoms with van der Waals surface area (Å²) in [4.78, 5) is 1.28. The van der Waals surface area contributed by atoms with Gasteiger partial charge in [0.1, 0.15) is 12.4 Å². The predicted molar refractivity (Wildman–Crippen MR) is 97.7 cm³/mol. The first-order valence-corrected chi connectivity index (χ1v) is 8.61. The van der Waals surface area contributed by atoms with Gasteiger partial charge in [-0.05, 0) is 36.5 Å². The zero-order valence-corrected chi connectivity index (χ0v) is 14.0. The fourth-order valence-electron chi connectivity index (χ4n) is 1.76. The number of ether oxygens (including phenoxy) is 1. The maximum atomic E-state index is 5.59. The van der Waals surface area contributed by atoms with E-state index in [1.165, 1.54) is 4.90 Å². The Balaban J connectivity index is 1.49. The fourth-order valence-corrected chi connectivity index (χ4v) is 2.76. The summed E-state index contributed by atoms with van der Waals surface area (Å²) in [5, 5.41) is 7.00. The maximum Gasteiger partial charge on any atom is 0.166 e. The van der Waals surface area contributed by atoms with Crippen LogP contribution in [0.1, 0.15) is 0 Å². The number of thioether (sulfide) groups is 1. The van der Waals surface area contributed by atoms with Crippen molar-refractivity contribution in [1.82, 2.24) is 10.6 Å². The van der Waals surface area contributed by atoms with Gasteiger partial charge in [-0.25, -0.2) is 0 Å². The first-order chi connectivity index (χ1) is 10.8. The van der Waals surface area contributed by atoms with Gasteiger partial charge in [0.15, 0.2) is 5.11 Å². The molecule has 2 aromatic rings. The van der Waals surface area contributed by atoms with Gasteiger partial charge in [0, 0.05) is 17.2 Å². The van der Waals surface area contributed by atoms with Crippen LogP contribution in [0.5, 0.6) is 5.75 Å². The molecular weight excluding hydrogens is 312 g/mol. The summed E-state index contributed by atoms with van der Waals surface area (Å²) < 4.78 is 5.59. The smallest absolute Gasteiger partial charge is 0.166 e. The average Bonchev–Trinajstić information content (AvgIpc) is 2.57. The molecule has 3 nitrogen and oxygen atoms in total. The molecule has 0 saturated carbocycles. The molecule has 0 spiro atoms. The lowest BCUT2D eigenvalue weighted by molar-refractivity contribution is 0.322. The molecule has 5 heteroatoms. The molecule has 0 aliphatic heterocycles. The van der Waals surface area contributed by atoms with Crippen LogP contribution in [0.2, 0.25) is 0 Å². The zero-order valence-electron chi connectivity index (χ0n) is 12.3. The van der Waals surface area contributed by atoms with Crippen LogP contribution in [-0.4, -0.2) is 30.6 Å². The normalized spacial score (nSPS) is 10.0. The summed E-state index contributed by atoms with van der Waals surface area (Å²) in [6.45, 7) is 2.11. The monoisotopic (exact) mass is 332 g/mol. The summed E-state index contributed by atoms with van der Waals surface area (Å²) in [5.74, 6) is 1.86. The molecule has 2 N–H and O–H groups in total. The molecule has 0 atom stereocenters. The van der Waals surface area contributed by atoms with Crippen LogP contribution in [-0.2, 0) is 0 Å².